The summed E-state index contributed by atoms with van der Waals surface area (Å²) >= 11 is 0. The van der Waals surface area contributed by atoms with Gasteiger partial charge >= 0.3 is 0 Å². The van der Waals surface area contributed by atoms with Crippen LogP contribution in [0.3, 0.4) is 0 Å². The summed E-state index contributed by atoms with van der Waals surface area (Å²) in [7, 11) is 0. The van der Waals surface area contributed by atoms with E-state index in [0.717, 1.165) is 0 Å². The third-order valence-electron chi connectivity index (χ3n) is 3.34. The van der Waals surface area contributed by atoms with Crippen molar-refractivity contribution < 1.29 is 4.74 Å². The zero-order valence-electron chi connectivity index (χ0n) is 10.8. The molecule has 3 N–H and O–H groups in total. The molecule has 2 rings (SSSR count). The third-order valence-corrected chi connectivity index (χ3v) is 3.34. The molecular weight excluding hydrogens is 228 g/mol. The molecular formula is C13H20N4O. The smallest absolute Gasteiger partial charge is 0.227 e. The van der Waals surface area contributed by atoms with Gasteiger partial charge in [-0.15, -0.1) is 0 Å². The molecule has 1 fully saturated rings. The Kier molecular flexibility index (Phi) is 4.12. The van der Waals surface area contributed by atoms with E-state index in [4.69, 9.17) is 15.9 Å². The van der Waals surface area contributed by atoms with Gasteiger partial charge in [-0.2, -0.15) is 4.98 Å². The fourth-order valence-electron chi connectivity index (χ4n) is 2.29. The van der Waals surface area contributed by atoms with Crippen LogP contribution in [0.4, 0.5) is 0 Å². The van der Waals surface area contributed by atoms with Gasteiger partial charge in [0.1, 0.15) is 11.7 Å². The third kappa shape index (κ3) is 3.18. The lowest BCUT2D eigenvalue weighted by Crippen LogP contribution is -2.19. The molecule has 98 valence electrons. The molecule has 0 radical (unpaired) electrons. The van der Waals surface area contributed by atoms with Crippen molar-refractivity contribution in [3.05, 3.63) is 17.6 Å². The summed E-state index contributed by atoms with van der Waals surface area (Å²) in [5, 5.41) is 7.49. The van der Waals surface area contributed by atoms with Gasteiger partial charge in [0.2, 0.25) is 5.88 Å². The Morgan fingerprint density at radius 3 is 2.83 bits per heavy atom. The van der Waals surface area contributed by atoms with Gasteiger partial charge in [-0.1, -0.05) is 19.3 Å². The number of ether oxygens (including phenoxy) is 1. The highest BCUT2D eigenvalue weighted by molar-refractivity contribution is 5.96. The maximum Gasteiger partial charge on any atom is 0.227 e. The molecule has 1 heterocycles. The average Bonchev–Trinajstić information content (AvgIpc) is 2.37. The van der Waals surface area contributed by atoms with E-state index in [2.05, 4.69) is 9.97 Å². The van der Waals surface area contributed by atoms with Crippen LogP contribution in [0.25, 0.3) is 0 Å². The summed E-state index contributed by atoms with van der Waals surface area (Å²) in [5.41, 5.74) is 5.98. The molecule has 0 spiro atoms. The molecule has 0 aliphatic heterocycles. The minimum Gasteiger partial charge on any atom is -0.477 e. The lowest BCUT2D eigenvalue weighted by Gasteiger charge is -2.21. The van der Waals surface area contributed by atoms with Gasteiger partial charge in [-0.3, -0.25) is 5.41 Å². The first kappa shape index (κ1) is 12.8. The minimum absolute atomic E-state index is 0.0476. The van der Waals surface area contributed by atoms with E-state index in [1.807, 2.05) is 0 Å². The highest BCUT2D eigenvalue weighted by Gasteiger charge is 2.16. The Bertz CT molecular complexity index is 427. The molecule has 1 aliphatic rings. The van der Waals surface area contributed by atoms with Crippen LogP contribution < -0.4 is 10.5 Å². The van der Waals surface area contributed by atoms with Crippen molar-refractivity contribution in [2.45, 2.75) is 39.0 Å². The zero-order chi connectivity index (χ0) is 13.0. The number of hydrogen-bond acceptors (Lipinski definition) is 4. The predicted molar refractivity (Wildman–Crippen MR) is 69.9 cm³/mol. The van der Waals surface area contributed by atoms with Crippen molar-refractivity contribution in [2.24, 2.45) is 11.7 Å². The summed E-state index contributed by atoms with van der Waals surface area (Å²) in [4.78, 5) is 8.27. The maximum atomic E-state index is 7.49. The lowest BCUT2D eigenvalue weighted by molar-refractivity contribution is 0.202. The van der Waals surface area contributed by atoms with Gasteiger partial charge in [0.05, 0.1) is 12.2 Å². The fraction of sp³-hybridized carbons (Fsp3) is 0.615. The Hall–Kier alpha value is -1.65. The second-order valence-electron chi connectivity index (χ2n) is 4.86. The summed E-state index contributed by atoms with van der Waals surface area (Å²) in [6.07, 6.45) is 7.91. The number of nitrogens with two attached hydrogens (primary N) is 1. The molecule has 5 heteroatoms. The molecule has 0 amide bonds. The first-order chi connectivity index (χ1) is 8.66. The lowest BCUT2D eigenvalue weighted by atomic mass is 9.90. The summed E-state index contributed by atoms with van der Waals surface area (Å²) in [5.74, 6) is 1.64. The zero-order valence-corrected chi connectivity index (χ0v) is 10.8. The Morgan fingerprint density at radius 2 is 2.17 bits per heavy atom. The fourth-order valence-corrected chi connectivity index (χ4v) is 2.29. The Balaban J connectivity index is 2.03. The molecule has 1 saturated carbocycles. The van der Waals surface area contributed by atoms with E-state index < -0.39 is 0 Å². The van der Waals surface area contributed by atoms with Crippen molar-refractivity contribution in [3.8, 4) is 5.88 Å². The van der Waals surface area contributed by atoms with E-state index in [1.165, 1.54) is 32.1 Å². The minimum atomic E-state index is -0.0476. The Labute approximate surface area is 107 Å². The van der Waals surface area contributed by atoms with Crippen molar-refractivity contribution in [3.63, 3.8) is 0 Å². The standard InChI is InChI=1S/C13H20N4O/c1-9-16-7-11(12(14)15)13(17-9)18-8-10-5-3-2-4-6-10/h7,10H,2-6,8H2,1H3,(H3,14,15). The largest absolute Gasteiger partial charge is 0.477 e. The number of nitrogen functional groups attached to an aromatic ring is 1. The first-order valence-corrected chi connectivity index (χ1v) is 6.47. The number of nitrogens with zero attached hydrogens (tertiary/aromatic N) is 2. The Morgan fingerprint density at radius 1 is 1.44 bits per heavy atom. The van der Waals surface area contributed by atoms with Gasteiger partial charge < -0.3 is 10.5 Å². The van der Waals surface area contributed by atoms with Crippen molar-refractivity contribution in [1.82, 2.24) is 9.97 Å². The van der Waals surface area contributed by atoms with Crippen LogP contribution >= 0.6 is 0 Å². The van der Waals surface area contributed by atoms with Crippen LogP contribution in [0, 0.1) is 18.3 Å². The SMILES string of the molecule is Cc1ncc(C(=N)N)c(OCC2CCCCC2)n1. The highest BCUT2D eigenvalue weighted by Crippen LogP contribution is 2.25. The van der Waals surface area contributed by atoms with Gasteiger partial charge in [-0.25, -0.2) is 4.98 Å². The van der Waals surface area contributed by atoms with Crippen molar-refractivity contribution in [2.75, 3.05) is 6.61 Å². The summed E-state index contributed by atoms with van der Waals surface area (Å²) in [6, 6.07) is 0. The molecule has 0 unspecified atom stereocenters. The molecule has 0 atom stereocenters. The van der Waals surface area contributed by atoms with E-state index in [0.29, 0.717) is 29.8 Å². The molecule has 1 aliphatic carbocycles. The highest BCUT2D eigenvalue weighted by atomic mass is 16.5. The molecule has 5 nitrogen and oxygen atoms in total. The number of amidine groups is 1. The van der Waals surface area contributed by atoms with Crippen LogP contribution in [0.1, 0.15) is 43.5 Å². The van der Waals surface area contributed by atoms with Crippen LogP contribution in [0.15, 0.2) is 6.20 Å². The topological polar surface area (TPSA) is 84.9 Å². The monoisotopic (exact) mass is 248 g/mol. The number of aromatic nitrogens is 2. The second kappa shape index (κ2) is 5.80. The summed E-state index contributed by atoms with van der Waals surface area (Å²) in [6.45, 7) is 2.47. The molecule has 1 aromatic rings. The van der Waals surface area contributed by atoms with Crippen molar-refractivity contribution in [1.29, 1.82) is 5.41 Å². The van der Waals surface area contributed by atoms with Gasteiger partial charge in [-0.05, 0) is 25.7 Å². The van der Waals surface area contributed by atoms with E-state index in [-0.39, 0.29) is 5.84 Å². The second-order valence-corrected chi connectivity index (χ2v) is 4.86. The van der Waals surface area contributed by atoms with Gasteiger partial charge in [0.25, 0.3) is 0 Å². The van der Waals surface area contributed by atoms with E-state index in [9.17, 15) is 0 Å². The van der Waals surface area contributed by atoms with Crippen LogP contribution in [0.5, 0.6) is 5.88 Å². The molecule has 0 saturated heterocycles. The van der Waals surface area contributed by atoms with Crippen LogP contribution in [-0.2, 0) is 0 Å². The number of rotatable bonds is 4. The van der Waals surface area contributed by atoms with Crippen LogP contribution in [-0.4, -0.2) is 22.4 Å². The van der Waals surface area contributed by atoms with E-state index >= 15 is 0 Å². The molecule has 1 aromatic heterocycles. The molecule has 18 heavy (non-hydrogen) atoms. The predicted octanol–water partition coefficient (Wildman–Crippen LogP) is 2.03. The normalized spacial score (nSPS) is 16.5. The average molecular weight is 248 g/mol. The number of nitrogens with one attached hydrogen (secondary N) is 1. The molecule has 0 aromatic carbocycles. The maximum absolute atomic E-state index is 7.49. The quantitative estimate of drug-likeness (QED) is 0.630. The van der Waals surface area contributed by atoms with Gasteiger partial charge in [0, 0.05) is 6.20 Å². The first-order valence-electron chi connectivity index (χ1n) is 6.47. The van der Waals surface area contributed by atoms with Gasteiger partial charge in [0.15, 0.2) is 0 Å². The molecule has 0 bridgehead atoms. The van der Waals surface area contributed by atoms with E-state index in [1.54, 1.807) is 13.1 Å². The number of hydrogen-bond donors (Lipinski definition) is 2. The summed E-state index contributed by atoms with van der Waals surface area (Å²) < 4.78 is 5.75. The van der Waals surface area contributed by atoms with Crippen LogP contribution in [0.2, 0.25) is 0 Å². The number of aryl methyl sites for hydroxylation is 1. The van der Waals surface area contributed by atoms with Crippen molar-refractivity contribution >= 4 is 5.84 Å².